The van der Waals surface area contributed by atoms with Gasteiger partial charge in [-0.25, -0.2) is 4.98 Å². The lowest BCUT2D eigenvalue weighted by Gasteiger charge is -2.05. The van der Waals surface area contributed by atoms with Crippen molar-refractivity contribution < 1.29 is 0 Å². The lowest BCUT2D eigenvalue weighted by Crippen LogP contribution is -1.91. The number of pyridine rings is 2. The molecule has 0 atom stereocenters. The standard InChI is InChI=1S/C14H12N2/c1-9-10(2)15-8-12-7-11-5-3-4-6-13(11)16-14(9)12/h3-8H,1-2H3. The summed E-state index contributed by atoms with van der Waals surface area (Å²) >= 11 is 0. The number of fused-ring (bicyclic) bond motifs is 2. The van der Waals surface area contributed by atoms with Gasteiger partial charge in [0.15, 0.2) is 0 Å². The van der Waals surface area contributed by atoms with Crippen LogP contribution in [0.2, 0.25) is 0 Å². The lowest BCUT2D eigenvalue weighted by atomic mass is 10.1. The van der Waals surface area contributed by atoms with E-state index in [1.807, 2.05) is 31.3 Å². The van der Waals surface area contributed by atoms with Crippen LogP contribution in [0.4, 0.5) is 0 Å². The van der Waals surface area contributed by atoms with Crippen LogP contribution < -0.4 is 0 Å². The summed E-state index contributed by atoms with van der Waals surface area (Å²) in [4.78, 5) is 9.07. The number of benzene rings is 1. The van der Waals surface area contributed by atoms with Crippen molar-refractivity contribution in [2.45, 2.75) is 13.8 Å². The van der Waals surface area contributed by atoms with Gasteiger partial charge in [0.1, 0.15) is 0 Å². The predicted molar refractivity (Wildman–Crippen MR) is 66.5 cm³/mol. The Hall–Kier alpha value is -1.96. The number of aryl methyl sites for hydroxylation is 2. The van der Waals surface area contributed by atoms with Crippen molar-refractivity contribution in [3.63, 3.8) is 0 Å². The number of para-hydroxylation sites is 1. The highest BCUT2D eigenvalue weighted by Gasteiger charge is 2.04. The van der Waals surface area contributed by atoms with Gasteiger partial charge in [-0.05, 0) is 31.5 Å². The summed E-state index contributed by atoms with van der Waals surface area (Å²) in [6, 6.07) is 10.3. The molecule has 78 valence electrons. The van der Waals surface area contributed by atoms with Crippen LogP contribution in [0.3, 0.4) is 0 Å². The van der Waals surface area contributed by atoms with Crippen LogP contribution in [0.5, 0.6) is 0 Å². The maximum atomic E-state index is 4.70. The van der Waals surface area contributed by atoms with Crippen LogP contribution in [-0.2, 0) is 0 Å². The Morgan fingerprint density at radius 2 is 1.81 bits per heavy atom. The van der Waals surface area contributed by atoms with Gasteiger partial charge in [-0.3, -0.25) is 4.98 Å². The highest BCUT2D eigenvalue weighted by molar-refractivity contribution is 5.93. The fraction of sp³-hybridized carbons (Fsp3) is 0.143. The maximum absolute atomic E-state index is 4.70. The molecule has 2 aromatic heterocycles. The molecule has 2 heterocycles. The second-order valence-corrected chi connectivity index (χ2v) is 4.09. The third-order valence-corrected chi connectivity index (χ3v) is 3.05. The van der Waals surface area contributed by atoms with Crippen molar-refractivity contribution in [1.29, 1.82) is 0 Å². The quantitative estimate of drug-likeness (QED) is 0.529. The van der Waals surface area contributed by atoms with E-state index in [0.717, 1.165) is 22.1 Å². The van der Waals surface area contributed by atoms with Gasteiger partial charge in [0.2, 0.25) is 0 Å². The van der Waals surface area contributed by atoms with Gasteiger partial charge in [-0.15, -0.1) is 0 Å². The molecule has 16 heavy (non-hydrogen) atoms. The van der Waals surface area contributed by atoms with E-state index < -0.39 is 0 Å². The topological polar surface area (TPSA) is 25.8 Å². The van der Waals surface area contributed by atoms with Crippen LogP contribution in [0.15, 0.2) is 36.5 Å². The molecule has 0 aliphatic carbocycles. The van der Waals surface area contributed by atoms with Gasteiger partial charge in [-0.2, -0.15) is 0 Å². The van der Waals surface area contributed by atoms with Gasteiger partial charge in [0.25, 0.3) is 0 Å². The van der Waals surface area contributed by atoms with Crippen molar-refractivity contribution in [3.8, 4) is 0 Å². The first kappa shape index (κ1) is 9.28. The molecule has 0 saturated heterocycles. The Labute approximate surface area is 94.0 Å². The summed E-state index contributed by atoms with van der Waals surface area (Å²) in [6.07, 6.45) is 1.90. The van der Waals surface area contributed by atoms with E-state index >= 15 is 0 Å². The highest BCUT2D eigenvalue weighted by Crippen LogP contribution is 2.22. The molecule has 0 bridgehead atoms. The van der Waals surface area contributed by atoms with Crippen molar-refractivity contribution in [1.82, 2.24) is 9.97 Å². The minimum absolute atomic E-state index is 1.05. The smallest absolute Gasteiger partial charge is 0.0772 e. The molecule has 0 radical (unpaired) electrons. The molecule has 0 saturated carbocycles. The van der Waals surface area contributed by atoms with Gasteiger partial charge < -0.3 is 0 Å². The fourth-order valence-corrected chi connectivity index (χ4v) is 1.97. The van der Waals surface area contributed by atoms with Gasteiger partial charge >= 0.3 is 0 Å². The number of rotatable bonds is 0. The van der Waals surface area contributed by atoms with Crippen molar-refractivity contribution in [2.75, 3.05) is 0 Å². The fourth-order valence-electron chi connectivity index (χ4n) is 1.97. The average Bonchev–Trinajstić information content (AvgIpc) is 2.32. The summed E-state index contributed by atoms with van der Waals surface area (Å²) in [5.41, 5.74) is 4.33. The normalized spacial score (nSPS) is 11.1. The third-order valence-electron chi connectivity index (χ3n) is 3.05. The van der Waals surface area contributed by atoms with Gasteiger partial charge in [0, 0.05) is 22.7 Å². The van der Waals surface area contributed by atoms with E-state index in [-0.39, 0.29) is 0 Å². The first-order chi connectivity index (χ1) is 7.75. The Balaban J connectivity index is 2.51. The second-order valence-electron chi connectivity index (χ2n) is 4.09. The molecule has 0 unspecified atom stereocenters. The highest BCUT2D eigenvalue weighted by atomic mass is 14.7. The maximum Gasteiger partial charge on any atom is 0.0772 e. The van der Waals surface area contributed by atoms with E-state index in [9.17, 15) is 0 Å². The molecule has 0 fully saturated rings. The predicted octanol–water partition coefficient (Wildman–Crippen LogP) is 3.40. The van der Waals surface area contributed by atoms with E-state index in [1.165, 1.54) is 10.9 Å². The van der Waals surface area contributed by atoms with Crippen LogP contribution in [0.25, 0.3) is 21.8 Å². The zero-order valence-electron chi connectivity index (χ0n) is 9.36. The zero-order chi connectivity index (χ0) is 11.1. The number of aromatic nitrogens is 2. The SMILES string of the molecule is Cc1ncc2cc3ccccc3nc2c1C. The second kappa shape index (κ2) is 3.27. The van der Waals surface area contributed by atoms with Crippen molar-refractivity contribution in [2.24, 2.45) is 0 Å². The molecule has 0 aliphatic rings. The molecule has 2 nitrogen and oxygen atoms in total. The Kier molecular flexibility index (Phi) is 1.90. The minimum atomic E-state index is 1.05. The van der Waals surface area contributed by atoms with E-state index in [0.29, 0.717) is 0 Å². The average molecular weight is 208 g/mol. The van der Waals surface area contributed by atoms with Gasteiger partial charge in [0.05, 0.1) is 11.0 Å². The molecule has 0 spiro atoms. The lowest BCUT2D eigenvalue weighted by molar-refractivity contribution is 1.17. The number of hydrogen-bond donors (Lipinski definition) is 0. The summed E-state index contributed by atoms with van der Waals surface area (Å²) in [5.74, 6) is 0. The van der Waals surface area contributed by atoms with E-state index in [2.05, 4.69) is 24.0 Å². The van der Waals surface area contributed by atoms with Gasteiger partial charge in [-0.1, -0.05) is 18.2 Å². The van der Waals surface area contributed by atoms with Crippen LogP contribution in [0.1, 0.15) is 11.3 Å². The first-order valence-corrected chi connectivity index (χ1v) is 5.37. The van der Waals surface area contributed by atoms with Crippen LogP contribution >= 0.6 is 0 Å². The molecular weight excluding hydrogens is 196 g/mol. The molecule has 1 aromatic carbocycles. The van der Waals surface area contributed by atoms with E-state index in [4.69, 9.17) is 4.98 Å². The largest absolute Gasteiger partial charge is 0.261 e. The molecule has 0 aliphatic heterocycles. The number of nitrogens with zero attached hydrogens (tertiary/aromatic N) is 2. The summed E-state index contributed by atoms with van der Waals surface area (Å²) in [5, 5.41) is 2.28. The molecule has 0 amide bonds. The summed E-state index contributed by atoms with van der Waals surface area (Å²) in [7, 11) is 0. The van der Waals surface area contributed by atoms with Crippen LogP contribution in [-0.4, -0.2) is 9.97 Å². The Morgan fingerprint density at radius 3 is 2.69 bits per heavy atom. The molecule has 3 rings (SSSR count). The van der Waals surface area contributed by atoms with Crippen molar-refractivity contribution in [3.05, 3.63) is 47.8 Å². The van der Waals surface area contributed by atoms with Crippen molar-refractivity contribution >= 4 is 21.8 Å². The minimum Gasteiger partial charge on any atom is -0.261 e. The molecule has 0 N–H and O–H groups in total. The summed E-state index contributed by atoms with van der Waals surface area (Å²) < 4.78 is 0. The summed E-state index contributed by atoms with van der Waals surface area (Å²) in [6.45, 7) is 4.10. The van der Waals surface area contributed by atoms with E-state index in [1.54, 1.807) is 0 Å². The molecule has 2 heteroatoms. The Morgan fingerprint density at radius 1 is 1.00 bits per heavy atom. The monoisotopic (exact) mass is 208 g/mol. The molecule has 3 aromatic rings. The zero-order valence-corrected chi connectivity index (χ0v) is 9.36. The van der Waals surface area contributed by atoms with Crippen LogP contribution in [0, 0.1) is 13.8 Å². The first-order valence-electron chi connectivity index (χ1n) is 5.37. The number of hydrogen-bond acceptors (Lipinski definition) is 2. The Bertz CT molecular complexity index is 687. The molecular formula is C14H12N2. The third kappa shape index (κ3) is 1.27.